The molecule has 2 atom stereocenters. The molecule has 0 spiro atoms. The molecule has 0 fully saturated rings. The maximum Gasteiger partial charge on any atom is 0.408 e. The molecular weight excluding hydrogens is 416 g/mol. The fraction of sp³-hybridized carbons (Fsp3) is 0.348. The number of phenols is 2. The second kappa shape index (κ2) is 10.5. The summed E-state index contributed by atoms with van der Waals surface area (Å²) in [6, 6.07) is 10.4. The molecule has 0 aliphatic carbocycles. The predicted molar refractivity (Wildman–Crippen MR) is 116 cm³/mol. The number of carboxylic acids is 1. The van der Waals surface area contributed by atoms with Gasteiger partial charge in [-0.15, -0.1) is 0 Å². The molecule has 9 heteroatoms. The van der Waals surface area contributed by atoms with Gasteiger partial charge in [-0.2, -0.15) is 0 Å². The summed E-state index contributed by atoms with van der Waals surface area (Å²) in [5, 5.41) is 33.7. The van der Waals surface area contributed by atoms with Crippen molar-refractivity contribution < 1.29 is 34.4 Å². The van der Waals surface area contributed by atoms with Gasteiger partial charge in [-0.25, -0.2) is 9.59 Å². The van der Waals surface area contributed by atoms with Gasteiger partial charge in [0.2, 0.25) is 5.91 Å². The zero-order valence-corrected chi connectivity index (χ0v) is 18.2. The molecule has 0 saturated heterocycles. The van der Waals surface area contributed by atoms with Crippen molar-refractivity contribution in [2.45, 2.75) is 51.3 Å². The number of hydrogen-bond acceptors (Lipinski definition) is 6. The van der Waals surface area contributed by atoms with E-state index in [9.17, 15) is 29.7 Å². The minimum Gasteiger partial charge on any atom is -0.504 e. The van der Waals surface area contributed by atoms with E-state index in [0.717, 1.165) is 5.56 Å². The van der Waals surface area contributed by atoms with E-state index in [1.807, 2.05) is 0 Å². The van der Waals surface area contributed by atoms with Crippen molar-refractivity contribution in [2.24, 2.45) is 0 Å². The number of alkyl carbamates (subject to hydrolysis) is 1. The third-order valence-electron chi connectivity index (χ3n) is 4.38. The van der Waals surface area contributed by atoms with Crippen molar-refractivity contribution in [2.75, 3.05) is 0 Å². The number of carbonyl (C=O) groups is 3. The highest BCUT2D eigenvalue weighted by Crippen LogP contribution is 2.25. The summed E-state index contributed by atoms with van der Waals surface area (Å²) >= 11 is 0. The van der Waals surface area contributed by atoms with Gasteiger partial charge in [0.05, 0.1) is 0 Å². The van der Waals surface area contributed by atoms with Gasteiger partial charge in [0.15, 0.2) is 11.5 Å². The highest BCUT2D eigenvalue weighted by Gasteiger charge is 2.29. The van der Waals surface area contributed by atoms with Crippen LogP contribution in [0, 0.1) is 0 Å². The fourth-order valence-electron chi connectivity index (χ4n) is 2.91. The van der Waals surface area contributed by atoms with Crippen molar-refractivity contribution in [3.05, 3.63) is 59.7 Å². The molecule has 9 nitrogen and oxygen atoms in total. The minimum atomic E-state index is -1.22. The van der Waals surface area contributed by atoms with E-state index in [0.29, 0.717) is 5.56 Å². The molecule has 0 saturated carbocycles. The number of nitrogens with one attached hydrogen (secondary N) is 2. The predicted octanol–water partition coefficient (Wildman–Crippen LogP) is 2.35. The number of hydrogen-bond donors (Lipinski definition) is 5. The molecule has 0 unspecified atom stereocenters. The number of rotatable bonds is 8. The molecule has 0 aromatic heterocycles. The third kappa shape index (κ3) is 7.82. The summed E-state index contributed by atoms with van der Waals surface area (Å²) in [4.78, 5) is 37.0. The monoisotopic (exact) mass is 444 g/mol. The Hall–Kier alpha value is -3.75. The summed E-state index contributed by atoms with van der Waals surface area (Å²) in [6.45, 7) is 5.00. The minimum absolute atomic E-state index is 0.0566. The first-order valence-corrected chi connectivity index (χ1v) is 10.0. The van der Waals surface area contributed by atoms with Gasteiger partial charge in [0, 0.05) is 12.8 Å². The molecule has 0 aliphatic heterocycles. The van der Waals surface area contributed by atoms with Crippen LogP contribution >= 0.6 is 0 Å². The Morgan fingerprint density at radius 1 is 0.875 bits per heavy atom. The Balaban J connectivity index is 2.21. The van der Waals surface area contributed by atoms with E-state index in [-0.39, 0.29) is 24.3 Å². The molecule has 0 aliphatic rings. The van der Waals surface area contributed by atoms with E-state index in [2.05, 4.69) is 10.6 Å². The normalized spacial score (nSPS) is 13.0. The van der Waals surface area contributed by atoms with Crippen molar-refractivity contribution in [1.82, 2.24) is 10.6 Å². The standard InChI is InChI=1S/C23H28N2O7/c1-23(2,3)32-22(31)25-16(12-15-9-10-18(26)19(27)13-15)20(28)24-17(21(29)30)11-14-7-5-4-6-8-14/h4-10,13,16-17,26-27H,11-12H2,1-3H3,(H,24,28)(H,25,31)(H,29,30)/t16-,17-/m0/s1. The first-order valence-electron chi connectivity index (χ1n) is 10.0. The Morgan fingerprint density at radius 2 is 1.50 bits per heavy atom. The molecular formula is C23H28N2O7. The van der Waals surface area contributed by atoms with Crippen LogP contribution in [-0.4, -0.2) is 51.0 Å². The molecule has 0 heterocycles. The Labute approximate surface area is 186 Å². The lowest BCUT2D eigenvalue weighted by Gasteiger charge is -2.24. The number of amides is 2. The third-order valence-corrected chi connectivity index (χ3v) is 4.38. The smallest absolute Gasteiger partial charge is 0.408 e. The lowest BCUT2D eigenvalue weighted by atomic mass is 10.0. The maximum atomic E-state index is 12.9. The van der Waals surface area contributed by atoms with Crippen LogP contribution < -0.4 is 10.6 Å². The van der Waals surface area contributed by atoms with E-state index in [1.54, 1.807) is 51.1 Å². The number of aromatic hydroxyl groups is 2. The Kier molecular flexibility index (Phi) is 8.06. The molecule has 2 rings (SSSR count). The van der Waals surface area contributed by atoms with E-state index in [1.165, 1.54) is 18.2 Å². The van der Waals surface area contributed by atoms with Crippen LogP contribution in [0.1, 0.15) is 31.9 Å². The highest BCUT2D eigenvalue weighted by molar-refractivity contribution is 5.89. The highest BCUT2D eigenvalue weighted by atomic mass is 16.6. The van der Waals surface area contributed by atoms with Crippen molar-refractivity contribution in [1.29, 1.82) is 0 Å². The summed E-state index contributed by atoms with van der Waals surface area (Å²) in [5.74, 6) is -2.66. The number of ether oxygens (including phenoxy) is 1. The van der Waals surface area contributed by atoms with Gasteiger partial charge in [-0.1, -0.05) is 36.4 Å². The second-order valence-electron chi connectivity index (χ2n) is 8.32. The van der Waals surface area contributed by atoms with Crippen LogP contribution in [0.4, 0.5) is 4.79 Å². The largest absolute Gasteiger partial charge is 0.504 e. The molecule has 172 valence electrons. The van der Waals surface area contributed by atoms with E-state index < -0.39 is 35.7 Å². The van der Waals surface area contributed by atoms with Crippen LogP contribution in [0.3, 0.4) is 0 Å². The lowest BCUT2D eigenvalue weighted by Crippen LogP contribution is -2.53. The van der Waals surface area contributed by atoms with Crippen molar-refractivity contribution >= 4 is 18.0 Å². The number of carbonyl (C=O) groups excluding carboxylic acids is 2. The van der Waals surface area contributed by atoms with Gasteiger partial charge in [0.25, 0.3) is 0 Å². The molecule has 2 aromatic carbocycles. The van der Waals surface area contributed by atoms with Crippen LogP contribution in [0.25, 0.3) is 0 Å². The zero-order valence-electron chi connectivity index (χ0n) is 18.2. The number of aliphatic carboxylic acids is 1. The zero-order chi connectivity index (χ0) is 23.9. The average molecular weight is 444 g/mol. The molecule has 0 radical (unpaired) electrons. The Bertz CT molecular complexity index is 955. The first-order chi connectivity index (χ1) is 14.9. The van der Waals surface area contributed by atoms with Crippen LogP contribution in [-0.2, 0) is 27.2 Å². The van der Waals surface area contributed by atoms with Crippen molar-refractivity contribution in [3.8, 4) is 11.5 Å². The number of benzene rings is 2. The quantitative estimate of drug-likeness (QED) is 0.393. The lowest BCUT2D eigenvalue weighted by molar-refractivity contribution is -0.142. The van der Waals surface area contributed by atoms with E-state index >= 15 is 0 Å². The topological polar surface area (TPSA) is 145 Å². The SMILES string of the molecule is CC(C)(C)OC(=O)N[C@@H](Cc1ccc(O)c(O)c1)C(=O)N[C@@H](Cc1ccccc1)C(=O)O. The molecule has 2 aromatic rings. The van der Waals surface area contributed by atoms with Crippen LogP contribution in [0.15, 0.2) is 48.5 Å². The molecule has 2 amide bonds. The summed E-state index contributed by atoms with van der Waals surface area (Å²) in [5.41, 5.74) is 0.352. The molecule has 5 N–H and O–H groups in total. The van der Waals surface area contributed by atoms with Crippen molar-refractivity contribution in [3.63, 3.8) is 0 Å². The van der Waals surface area contributed by atoms with Gasteiger partial charge in [-0.05, 0) is 44.0 Å². The summed E-state index contributed by atoms with van der Waals surface area (Å²) < 4.78 is 5.21. The molecule has 0 bridgehead atoms. The van der Waals surface area contributed by atoms with Crippen LogP contribution in [0.5, 0.6) is 11.5 Å². The van der Waals surface area contributed by atoms with Crippen LogP contribution in [0.2, 0.25) is 0 Å². The molecule has 32 heavy (non-hydrogen) atoms. The number of carboxylic acid groups (broad SMARTS) is 1. The van der Waals surface area contributed by atoms with Gasteiger partial charge in [-0.3, -0.25) is 4.79 Å². The van der Waals surface area contributed by atoms with Gasteiger partial charge in [0.1, 0.15) is 17.7 Å². The average Bonchev–Trinajstić information content (AvgIpc) is 2.69. The second-order valence-corrected chi connectivity index (χ2v) is 8.32. The Morgan fingerprint density at radius 3 is 2.06 bits per heavy atom. The first kappa shape index (κ1) is 24.5. The summed E-state index contributed by atoms with van der Waals surface area (Å²) in [6.07, 6.45) is -0.868. The van der Waals surface area contributed by atoms with Gasteiger partial charge < -0.3 is 30.7 Å². The van der Waals surface area contributed by atoms with E-state index in [4.69, 9.17) is 4.74 Å². The summed E-state index contributed by atoms with van der Waals surface area (Å²) in [7, 11) is 0. The maximum absolute atomic E-state index is 12.9. The fourth-order valence-corrected chi connectivity index (χ4v) is 2.91. The van der Waals surface area contributed by atoms with Gasteiger partial charge >= 0.3 is 12.1 Å². The number of phenolic OH excluding ortho intramolecular Hbond substituents is 2.